The van der Waals surface area contributed by atoms with Gasteiger partial charge < -0.3 is 10.8 Å². The van der Waals surface area contributed by atoms with Crippen LogP contribution in [0.3, 0.4) is 0 Å². The second-order valence-electron chi connectivity index (χ2n) is 6.15. The molecule has 27 heavy (non-hydrogen) atoms. The van der Waals surface area contributed by atoms with Crippen LogP contribution in [0.5, 0.6) is 0 Å². The molecular formula is C20H19N5O2. The lowest BCUT2D eigenvalue weighted by Crippen LogP contribution is -2.13. The standard InChI is InChI=1S/C20H19N5O2/c1-11-8-9-15-13(3)23-20(24-17(15)10-11)25-19(21)22-12(2)14-6-4-5-7-16(14)18(26)27/h4-10H,1-3H3,(H,26,27)(H2,21,23,24,25)/b22-12-. The Labute approximate surface area is 156 Å². The Morgan fingerprint density at radius 2 is 1.78 bits per heavy atom. The SMILES string of the molecule is C/C(=N/C(N)=N/c1nc(C)c2ccc(C)cc2n1)c1ccccc1C(=O)O. The van der Waals surface area contributed by atoms with Gasteiger partial charge in [0.2, 0.25) is 5.96 Å². The summed E-state index contributed by atoms with van der Waals surface area (Å²) in [5.41, 5.74) is 9.67. The van der Waals surface area contributed by atoms with Gasteiger partial charge in [0.05, 0.1) is 16.8 Å². The first-order chi connectivity index (χ1) is 12.8. The maximum absolute atomic E-state index is 11.4. The van der Waals surface area contributed by atoms with Crippen LogP contribution in [0.1, 0.15) is 34.1 Å². The Hall–Kier alpha value is -3.61. The number of carbonyl (C=O) groups is 1. The third kappa shape index (κ3) is 3.98. The molecule has 1 aromatic heterocycles. The van der Waals surface area contributed by atoms with Gasteiger partial charge in [-0.3, -0.25) is 0 Å². The molecule has 0 amide bonds. The van der Waals surface area contributed by atoms with Crippen LogP contribution in [-0.2, 0) is 0 Å². The zero-order valence-electron chi connectivity index (χ0n) is 15.3. The Morgan fingerprint density at radius 3 is 2.48 bits per heavy atom. The third-order valence-corrected chi connectivity index (χ3v) is 4.08. The number of aryl methyl sites for hydroxylation is 2. The minimum Gasteiger partial charge on any atom is -0.478 e. The number of guanidine groups is 1. The topological polar surface area (TPSA) is 114 Å². The highest BCUT2D eigenvalue weighted by molar-refractivity contribution is 6.11. The predicted molar refractivity (Wildman–Crippen MR) is 106 cm³/mol. The molecule has 0 bridgehead atoms. The first-order valence-corrected chi connectivity index (χ1v) is 8.32. The number of fused-ring (bicyclic) bond motifs is 1. The Morgan fingerprint density at radius 1 is 1.07 bits per heavy atom. The Kier molecular flexibility index (Phi) is 4.94. The monoisotopic (exact) mass is 361 g/mol. The number of aliphatic imine (C=N–C) groups is 2. The molecule has 3 rings (SSSR count). The summed E-state index contributed by atoms with van der Waals surface area (Å²) < 4.78 is 0. The van der Waals surface area contributed by atoms with Crippen LogP contribution in [0.25, 0.3) is 10.9 Å². The third-order valence-electron chi connectivity index (χ3n) is 4.08. The molecule has 7 nitrogen and oxygen atoms in total. The van der Waals surface area contributed by atoms with Gasteiger partial charge in [-0.2, -0.15) is 4.99 Å². The van der Waals surface area contributed by atoms with Gasteiger partial charge in [0.1, 0.15) is 0 Å². The average Bonchev–Trinajstić information content (AvgIpc) is 2.61. The molecule has 3 N–H and O–H groups in total. The van der Waals surface area contributed by atoms with Crippen molar-refractivity contribution in [1.82, 2.24) is 9.97 Å². The van der Waals surface area contributed by atoms with Gasteiger partial charge in [-0.1, -0.05) is 30.3 Å². The van der Waals surface area contributed by atoms with Gasteiger partial charge in [0, 0.05) is 16.7 Å². The second-order valence-corrected chi connectivity index (χ2v) is 6.15. The number of rotatable bonds is 3. The van der Waals surface area contributed by atoms with Crippen LogP contribution in [0, 0.1) is 13.8 Å². The summed E-state index contributed by atoms with van der Waals surface area (Å²) in [6, 6.07) is 12.5. The quantitative estimate of drug-likeness (QED) is 0.548. The van der Waals surface area contributed by atoms with E-state index in [0.717, 1.165) is 22.2 Å². The predicted octanol–water partition coefficient (Wildman–Crippen LogP) is 3.40. The molecule has 0 saturated heterocycles. The van der Waals surface area contributed by atoms with Crippen molar-refractivity contribution in [1.29, 1.82) is 0 Å². The molecule has 0 unspecified atom stereocenters. The maximum Gasteiger partial charge on any atom is 0.336 e. The summed E-state index contributed by atoms with van der Waals surface area (Å²) in [7, 11) is 0. The Balaban J connectivity index is 1.99. The van der Waals surface area contributed by atoms with E-state index in [4.69, 9.17) is 5.73 Å². The van der Waals surface area contributed by atoms with E-state index < -0.39 is 5.97 Å². The van der Waals surface area contributed by atoms with Crippen LogP contribution >= 0.6 is 0 Å². The smallest absolute Gasteiger partial charge is 0.336 e. The molecule has 1 heterocycles. The van der Waals surface area contributed by atoms with Crippen molar-refractivity contribution in [2.45, 2.75) is 20.8 Å². The average molecular weight is 361 g/mol. The number of aromatic nitrogens is 2. The van der Waals surface area contributed by atoms with Crippen molar-refractivity contribution in [3.63, 3.8) is 0 Å². The number of nitrogens with zero attached hydrogens (tertiary/aromatic N) is 4. The van der Waals surface area contributed by atoms with Crippen molar-refractivity contribution in [3.05, 3.63) is 64.8 Å². The number of benzene rings is 2. The summed E-state index contributed by atoms with van der Waals surface area (Å²) in [6.07, 6.45) is 0. The minimum atomic E-state index is -1.03. The van der Waals surface area contributed by atoms with Crippen molar-refractivity contribution in [2.24, 2.45) is 15.7 Å². The number of hydrogen-bond acceptors (Lipinski definition) is 4. The molecule has 0 spiro atoms. The summed E-state index contributed by atoms with van der Waals surface area (Å²) in [5, 5.41) is 10.3. The van der Waals surface area contributed by atoms with E-state index in [9.17, 15) is 9.90 Å². The van der Waals surface area contributed by atoms with Crippen LogP contribution in [0.4, 0.5) is 5.95 Å². The minimum absolute atomic E-state index is 0.0425. The molecule has 0 aliphatic heterocycles. The first-order valence-electron chi connectivity index (χ1n) is 8.32. The van der Waals surface area contributed by atoms with Crippen LogP contribution < -0.4 is 5.73 Å². The van der Waals surface area contributed by atoms with Crippen LogP contribution in [-0.4, -0.2) is 32.7 Å². The van der Waals surface area contributed by atoms with Crippen LogP contribution in [0.15, 0.2) is 52.4 Å². The number of aromatic carboxylic acids is 1. The van der Waals surface area contributed by atoms with E-state index >= 15 is 0 Å². The van der Waals surface area contributed by atoms with Crippen molar-refractivity contribution in [3.8, 4) is 0 Å². The highest BCUT2D eigenvalue weighted by atomic mass is 16.4. The first kappa shape index (κ1) is 18.2. The molecule has 3 aromatic rings. The summed E-state index contributed by atoms with van der Waals surface area (Å²) >= 11 is 0. The molecule has 2 aromatic carbocycles. The van der Waals surface area contributed by atoms with E-state index in [-0.39, 0.29) is 17.5 Å². The summed E-state index contributed by atoms with van der Waals surface area (Å²) in [5.74, 6) is -0.857. The molecule has 0 aliphatic carbocycles. The zero-order chi connectivity index (χ0) is 19.6. The van der Waals surface area contributed by atoms with E-state index in [1.54, 1.807) is 25.1 Å². The molecule has 7 heteroatoms. The highest BCUT2D eigenvalue weighted by Gasteiger charge is 2.11. The van der Waals surface area contributed by atoms with Gasteiger partial charge >= 0.3 is 5.97 Å². The molecule has 136 valence electrons. The fraction of sp³-hybridized carbons (Fsp3) is 0.150. The number of hydrogen-bond donors (Lipinski definition) is 2. The number of carboxylic acid groups (broad SMARTS) is 1. The lowest BCUT2D eigenvalue weighted by Gasteiger charge is -2.06. The van der Waals surface area contributed by atoms with Gasteiger partial charge in [0.25, 0.3) is 5.95 Å². The number of carboxylic acids is 1. The van der Waals surface area contributed by atoms with Crippen molar-refractivity contribution < 1.29 is 9.90 Å². The molecule has 0 saturated carbocycles. The molecule has 0 radical (unpaired) electrons. The van der Waals surface area contributed by atoms with Gasteiger partial charge in [-0.25, -0.2) is 19.8 Å². The fourth-order valence-electron chi connectivity index (χ4n) is 2.78. The Bertz CT molecular complexity index is 1100. The van der Waals surface area contributed by atoms with E-state index in [1.165, 1.54) is 6.07 Å². The second kappa shape index (κ2) is 7.33. The van der Waals surface area contributed by atoms with Crippen molar-refractivity contribution in [2.75, 3.05) is 0 Å². The molecular weight excluding hydrogens is 342 g/mol. The lowest BCUT2D eigenvalue weighted by atomic mass is 10.0. The van der Waals surface area contributed by atoms with Gasteiger partial charge in [-0.05, 0) is 38.5 Å². The van der Waals surface area contributed by atoms with Gasteiger partial charge in [0.15, 0.2) is 0 Å². The van der Waals surface area contributed by atoms with E-state index in [2.05, 4.69) is 20.0 Å². The number of nitrogens with two attached hydrogens (primary N) is 1. The van der Waals surface area contributed by atoms with E-state index in [0.29, 0.717) is 11.3 Å². The zero-order valence-corrected chi connectivity index (χ0v) is 15.3. The van der Waals surface area contributed by atoms with Crippen LogP contribution in [0.2, 0.25) is 0 Å². The summed E-state index contributed by atoms with van der Waals surface area (Å²) in [6.45, 7) is 5.55. The maximum atomic E-state index is 11.4. The molecule has 0 atom stereocenters. The normalized spacial score (nSPS) is 12.4. The van der Waals surface area contributed by atoms with E-state index in [1.807, 2.05) is 32.0 Å². The lowest BCUT2D eigenvalue weighted by molar-refractivity contribution is 0.0696. The largest absolute Gasteiger partial charge is 0.478 e. The van der Waals surface area contributed by atoms with Gasteiger partial charge in [-0.15, -0.1) is 0 Å². The fourth-order valence-corrected chi connectivity index (χ4v) is 2.78. The molecule has 0 fully saturated rings. The molecule has 0 aliphatic rings. The van der Waals surface area contributed by atoms with Crippen molar-refractivity contribution >= 4 is 34.5 Å². The summed E-state index contributed by atoms with van der Waals surface area (Å²) in [4.78, 5) is 28.5. The highest BCUT2D eigenvalue weighted by Crippen LogP contribution is 2.19.